The SMILES string of the molecule is COc1ccc(-c2n[nH]c(=S)n2CC(=O)NC2C3C4CCC(C4)C23)cc1. The van der Waals surface area contributed by atoms with E-state index >= 15 is 0 Å². The Labute approximate surface area is 156 Å². The molecule has 0 aliphatic heterocycles. The number of amides is 1. The van der Waals surface area contributed by atoms with Gasteiger partial charge in [-0.15, -0.1) is 0 Å². The lowest BCUT2D eigenvalue weighted by Crippen LogP contribution is -2.33. The van der Waals surface area contributed by atoms with Gasteiger partial charge in [0.2, 0.25) is 5.91 Å². The highest BCUT2D eigenvalue weighted by Crippen LogP contribution is 2.65. The fourth-order valence-corrected chi connectivity index (χ4v) is 5.52. The summed E-state index contributed by atoms with van der Waals surface area (Å²) in [7, 11) is 1.63. The van der Waals surface area contributed by atoms with Gasteiger partial charge < -0.3 is 10.1 Å². The van der Waals surface area contributed by atoms with Crippen molar-refractivity contribution in [2.24, 2.45) is 23.7 Å². The van der Waals surface area contributed by atoms with Gasteiger partial charge in [0.1, 0.15) is 12.3 Å². The van der Waals surface area contributed by atoms with E-state index in [9.17, 15) is 4.79 Å². The third kappa shape index (κ3) is 2.48. The third-order valence-electron chi connectivity index (χ3n) is 6.47. The van der Waals surface area contributed by atoms with E-state index in [2.05, 4.69) is 15.5 Å². The van der Waals surface area contributed by atoms with Crippen LogP contribution in [-0.4, -0.2) is 33.8 Å². The van der Waals surface area contributed by atoms with Crippen LogP contribution in [0.2, 0.25) is 0 Å². The average Bonchev–Trinajstić information content (AvgIpc) is 2.98. The second-order valence-electron chi connectivity index (χ2n) is 7.75. The fraction of sp³-hybridized carbons (Fsp3) is 0.526. The Bertz CT molecular complexity index is 887. The van der Waals surface area contributed by atoms with E-state index in [1.165, 1.54) is 19.3 Å². The molecule has 3 aliphatic rings. The summed E-state index contributed by atoms with van der Waals surface area (Å²) in [5.74, 6) is 4.64. The molecule has 26 heavy (non-hydrogen) atoms. The summed E-state index contributed by atoms with van der Waals surface area (Å²) in [4.78, 5) is 12.6. The maximum absolute atomic E-state index is 12.6. The first kappa shape index (κ1) is 16.1. The number of carbonyl (C=O) groups excluding carboxylic acids is 1. The van der Waals surface area contributed by atoms with E-state index in [1.807, 2.05) is 24.3 Å². The quantitative estimate of drug-likeness (QED) is 0.794. The maximum atomic E-state index is 12.6. The van der Waals surface area contributed by atoms with Gasteiger partial charge in [0.15, 0.2) is 10.6 Å². The van der Waals surface area contributed by atoms with Gasteiger partial charge in [0.05, 0.1) is 7.11 Å². The van der Waals surface area contributed by atoms with Crippen molar-refractivity contribution in [1.82, 2.24) is 20.1 Å². The molecule has 3 saturated carbocycles. The zero-order chi connectivity index (χ0) is 17.8. The normalized spacial score (nSPS) is 30.9. The molecule has 4 atom stereocenters. The second-order valence-corrected chi connectivity index (χ2v) is 8.13. The van der Waals surface area contributed by atoms with Crippen LogP contribution < -0.4 is 10.1 Å². The van der Waals surface area contributed by atoms with Crippen LogP contribution in [0.5, 0.6) is 5.75 Å². The van der Waals surface area contributed by atoms with Crippen LogP contribution in [0.1, 0.15) is 19.3 Å². The number of benzene rings is 1. The Morgan fingerprint density at radius 3 is 2.65 bits per heavy atom. The molecule has 0 spiro atoms. The fourth-order valence-electron chi connectivity index (χ4n) is 5.32. The zero-order valence-corrected chi connectivity index (χ0v) is 15.5. The minimum atomic E-state index is 0.0241. The molecular formula is C19H22N4O2S. The summed E-state index contributed by atoms with van der Waals surface area (Å²) in [5, 5.41) is 10.4. The summed E-state index contributed by atoms with van der Waals surface area (Å²) in [5.41, 5.74) is 0.896. The Balaban J connectivity index is 1.30. The molecule has 1 heterocycles. The maximum Gasteiger partial charge on any atom is 0.240 e. The van der Waals surface area contributed by atoms with Crippen molar-refractivity contribution in [1.29, 1.82) is 0 Å². The van der Waals surface area contributed by atoms with Gasteiger partial charge >= 0.3 is 0 Å². The number of aromatic amines is 1. The average molecular weight is 370 g/mol. The van der Waals surface area contributed by atoms with Crippen LogP contribution in [0.15, 0.2) is 24.3 Å². The highest BCUT2D eigenvalue weighted by Gasteiger charge is 2.65. The predicted octanol–water partition coefficient (Wildman–Crippen LogP) is 2.78. The number of carbonyl (C=O) groups is 1. The van der Waals surface area contributed by atoms with Crippen molar-refractivity contribution in [2.75, 3.05) is 7.11 Å². The number of aromatic nitrogens is 3. The molecule has 1 aromatic carbocycles. The summed E-state index contributed by atoms with van der Waals surface area (Å²) in [6, 6.07) is 7.97. The zero-order valence-electron chi connectivity index (χ0n) is 14.6. The van der Waals surface area contributed by atoms with Crippen LogP contribution in [0.4, 0.5) is 0 Å². The van der Waals surface area contributed by atoms with E-state index in [4.69, 9.17) is 17.0 Å². The smallest absolute Gasteiger partial charge is 0.240 e. The Hall–Kier alpha value is -2.15. The molecule has 3 fully saturated rings. The molecule has 0 radical (unpaired) electrons. The van der Waals surface area contributed by atoms with Crippen molar-refractivity contribution < 1.29 is 9.53 Å². The monoisotopic (exact) mass is 370 g/mol. The van der Waals surface area contributed by atoms with Gasteiger partial charge in [-0.05, 0) is 79.4 Å². The molecule has 6 nitrogen and oxygen atoms in total. The number of rotatable bonds is 5. The third-order valence-corrected chi connectivity index (χ3v) is 6.78. The number of nitrogens with one attached hydrogen (secondary N) is 2. The first-order chi connectivity index (χ1) is 12.7. The molecule has 1 amide bonds. The highest BCUT2D eigenvalue weighted by molar-refractivity contribution is 7.71. The number of H-pyrrole nitrogens is 1. The molecule has 2 N–H and O–H groups in total. The van der Waals surface area contributed by atoms with Crippen molar-refractivity contribution in [3.8, 4) is 17.1 Å². The lowest BCUT2D eigenvalue weighted by molar-refractivity contribution is -0.122. The van der Waals surface area contributed by atoms with Gasteiger partial charge in [-0.1, -0.05) is 0 Å². The van der Waals surface area contributed by atoms with Gasteiger partial charge in [-0.25, -0.2) is 0 Å². The molecule has 0 saturated heterocycles. The lowest BCUT2D eigenvalue weighted by Gasteiger charge is -2.12. The standard InChI is InChI=1S/C19H22N4O2S/c1-25-13-6-4-10(5-7-13)18-21-22-19(26)23(18)9-14(24)20-17-15-11-2-3-12(8-11)16(15)17/h4-7,11-12,15-17H,2-3,8-9H2,1H3,(H,20,24)(H,22,26). The number of hydrogen-bond acceptors (Lipinski definition) is 4. The van der Waals surface area contributed by atoms with Gasteiger partial charge in [-0.3, -0.25) is 14.5 Å². The van der Waals surface area contributed by atoms with E-state index < -0.39 is 0 Å². The Morgan fingerprint density at radius 1 is 1.31 bits per heavy atom. The van der Waals surface area contributed by atoms with Crippen LogP contribution in [0.25, 0.3) is 11.4 Å². The molecule has 7 heteroatoms. The largest absolute Gasteiger partial charge is 0.497 e. The van der Waals surface area contributed by atoms with Crippen molar-refractivity contribution in [3.05, 3.63) is 29.0 Å². The molecular weight excluding hydrogens is 348 g/mol. The number of methoxy groups -OCH3 is 1. The van der Waals surface area contributed by atoms with Gasteiger partial charge in [-0.2, -0.15) is 5.10 Å². The molecule has 1 aromatic heterocycles. The topological polar surface area (TPSA) is 71.9 Å². The Morgan fingerprint density at radius 2 is 2.00 bits per heavy atom. The number of fused-ring (bicyclic) bond motifs is 5. The van der Waals surface area contributed by atoms with E-state index in [0.717, 1.165) is 35.0 Å². The van der Waals surface area contributed by atoms with Gasteiger partial charge in [0.25, 0.3) is 0 Å². The van der Waals surface area contributed by atoms with Crippen molar-refractivity contribution in [2.45, 2.75) is 31.8 Å². The van der Waals surface area contributed by atoms with Crippen LogP contribution in [0, 0.1) is 28.4 Å². The van der Waals surface area contributed by atoms with Crippen molar-refractivity contribution in [3.63, 3.8) is 0 Å². The van der Waals surface area contributed by atoms with Crippen molar-refractivity contribution >= 4 is 18.1 Å². The number of hydrogen-bond donors (Lipinski definition) is 2. The second kappa shape index (κ2) is 5.94. The summed E-state index contributed by atoms with van der Waals surface area (Å²) >= 11 is 5.34. The van der Waals surface area contributed by atoms with E-state index in [-0.39, 0.29) is 12.5 Å². The molecule has 2 bridgehead atoms. The summed E-state index contributed by atoms with van der Waals surface area (Å²) in [6.45, 7) is 0.196. The number of ether oxygens (including phenoxy) is 1. The van der Waals surface area contributed by atoms with Crippen LogP contribution in [0.3, 0.4) is 0 Å². The van der Waals surface area contributed by atoms with Crippen LogP contribution in [-0.2, 0) is 11.3 Å². The van der Waals surface area contributed by atoms with E-state index in [1.54, 1.807) is 11.7 Å². The minimum absolute atomic E-state index is 0.0241. The number of nitrogens with zero attached hydrogens (tertiary/aromatic N) is 2. The van der Waals surface area contributed by atoms with Gasteiger partial charge in [0, 0.05) is 11.6 Å². The minimum Gasteiger partial charge on any atom is -0.497 e. The molecule has 3 aliphatic carbocycles. The van der Waals surface area contributed by atoms with Crippen LogP contribution >= 0.6 is 12.2 Å². The highest BCUT2D eigenvalue weighted by atomic mass is 32.1. The predicted molar refractivity (Wildman–Crippen MR) is 99.1 cm³/mol. The lowest BCUT2D eigenvalue weighted by atomic mass is 10.0. The summed E-state index contributed by atoms with van der Waals surface area (Å²) < 4.78 is 7.42. The molecule has 5 rings (SSSR count). The first-order valence-corrected chi connectivity index (χ1v) is 9.65. The first-order valence-electron chi connectivity index (χ1n) is 9.24. The van der Waals surface area contributed by atoms with E-state index in [0.29, 0.717) is 16.6 Å². The molecule has 2 aromatic rings. The molecule has 4 unspecified atom stereocenters. The Kier molecular flexibility index (Phi) is 3.67. The summed E-state index contributed by atoms with van der Waals surface area (Å²) in [6.07, 6.45) is 4.09. The molecule has 136 valence electrons.